The average Bonchev–Trinajstić information content (AvgIpc) is 3.00. The Labute approximate surface area is 130 Å². The zero-order valence-corrected chi connectivity index (χ0v) is 12.7. The van der Waals surface area contributed by atoms with E-state index in [1.165, 1.54) is 0 Å². The zero-order valence-electron chi connectivity index (χ0n) is 11.9. The zero-order chi connectivity index (χ0) is 16.0. The Balaban J connectivity index is 1.88. The number of nitrogens with zero attached hydrogens (tertiary/aromatic N) is 1. The van der Waals surface area contributed by atoms with E-state index >= 15 is 0 Å². The predicted octanol–water partition coefficient (Wildman–Crippen LogP) is 1.98. The number of hydrogen-bond donors (Lipinski definition) is 2. The minimum Gasteiger partial charge on any atom is -0.379 e. The lowest BCUT2D eigenvalue weighted by molar-refractivity contribution is -0.122. The molecule has 22 heavy (non-hydrogen) atoms. The fraction of sp³-hybridized carbons (Fsp3) is 0.615. The molecule has 0 unspecified atom stereocenters. The predicted molar refractivity (Wildman–Crippen MR) is 76.9 cm³/mol. The van der Waals surface area contributed by atoms with Gasteiger partial charge in [-0.05, 0) is 11.4 Å². The second-order valence-electron chi connectivity index (χ2n) is 4.86. The van der Waals surface area contributed by atoms with Gasteiger partial charge in [0, 0.05) is 24.5 Å². The lowest BCUT2D eigenvalue weighted by Crippen LogP contribution is -2.46. The molecular formula is C13H18F3N3O2S. The number of urea groups is 1. The van der Waals surface area contributed by atoms with Gasteiger partial charge in [-0.15, -0.1) is 11.3 Å². The molecule has 0 radical (unpaired) electrons. The van der Waals surface area contributed by atoms with Gasteiger partial charge in [-0.25, -0.2) is 4.79 Å². The molecular weight excluding hydrogens is 319 g/mol. The van der Waals surface area contributed by atoms with Crippen molar-refractivity contribution in [3.05, 3.63) is 22.4 Å². The van der Waals surface area contributed by atoms with E-state index in [2.05, 4.69) is 10.2 Å². The van der Waals surface area contributed by atoms with Gasteiger partial charge in [0.2, 0.25) is 0 Å². The number of carbonyl (C=O) groups is 1. The number of thiophene rings is 1. The van der Waals surface area contributed by atoms with Gasteiger partial charge in [0.1, 0.15) is 6.54 Å². The smallest absolute Gasteiger partial charge is 0.379 e. The van der Waals surface area contributed by atoms with Gasteiger partial charge >= 0.3 is 12.2 Å². The van der Waals surface area contributed by atoms with Crippen molar-refractivity contribution in [3.63, 3.8) is 0 Å². The van der Waals surface area contributed by atoms with Crippen LogP contribution < -0.4 is 10.6 Å². The molecule has 1 aliphatic heterocycles. The van der Waals surface area contributed by atoms with E-state index in [4.69, 9.17) is 4.74 Å². The van der Waals surface area contributed by atoms with Crippen LogP contribution in [-0.2, 0) is 4.74 Å². The molecule has 2 amide bonds. The van der Waals surface area contributed by atoms with E-state index < -0.39 is 18.8 Å². The maximum atomic E-state index is 12.1. The summed E-state index contributed by atoms with van der Waals surface area (Å²) in [5.41, 5.74) is 0. The quantitative estimate of drug-likeness (QED) is 0.864. The van der Waals surface area contributed by atoms with E-state index in [1.807, 2.05) is 22.8 Å². The lowest BCUT2D eigenvalue weighted by atomic mass is 10.2. The van der Waals surface area contributed by atoms with E-state index in [0.29, 0.717) is 13.2 Å². The van der Waals surface area contributed by atoms with Crippen LogP contribution in [0.2, 0.25) is 0 Å². The van der Waals surface area contributed by atoms with Gasteiger partial charge in [-0.1, -0.05) is 6.07 Å². The van der Waals surface area contributed by atoms with Crippen LogP contribution in [0, 0.1) is 0 Å². The third-order valence-electron chi connectivity index (χ3n) is 3.26. The van der Waals surface area contributed by atoms with Crippen LogP contribution >= 0.6 is 11.3 Å². The van der Waals surface area contributed by atoms with Crippen molar-refractivity contribution >= 4 is 17.4 Å². The molecule has 0 saturated carbocycles. The Morgan fingerprint density at radius 3 is 2.68 bits per heavy atom. The van der Waals surface area contributed by atoms with E-state index in [1.54, 1.807) is 11.3 Å². The molecule has 9 heteroatoms. The van der Waals surface area contributed by atoms with Crippen molar-refractivity contribution in [3.8, 4) is 0 Å². The summed E-state index contributed by atoms with van der Waals surface area (Å²) in [6.07, 6.45) is -4.41. The number of carbonyl (C=O) groups excluding carboxylic acids is 1. The summed E-state index contributed by atoms with van der Waals surface area (Å²) in [6.45, 7) is 1.61. The first-order valence-electron chi connectivity index (χ1n) is 6.89. The third-order valence-corrected chi connectivity index (χ3v) is 4.24. The summed E-state index contributed by atoms with van der Waals surface area (Å²) < 4.78 is 41.5. The lowest BCUT2D eigenvalue weighted by Gasteiger charge is -2.34. The number of rotatable bonds is 5. The molecule has 2 N–H and O–H groups in total. The topological polar surface area (TPSA) is 53.6 Å². The number of halogens is 3. The molecule has 1 aliphatic rings. The molecule has 124 valence electrons. The molecule has 1 atom stereocenters. The Morgan fingerprint density at radius 2 is 2.09 bits per heavy atom. The number of hydrogen-bond acceptors (Lipinski definition) is 4. The summed E-state index contributed by atoms with van der Waals surface area (Å²) in [5, 5.41) is 6.26. The highest BCUT2D eigenvalue weighted by Crippen LogP contribution is 2.25. The molecule has 2 heterocycles. The maximum absolute atomic E-state index is 12.1. The van der Waals surface area contributed by atoms with Crippen LogP contribution in [0.15, 0.2) is 17.5 Å². The highest BCUT2D eigenvalue weighted by Gasteiger charge is 2.28. The second kappa shape index (κ2) is 7.80. The molecule has 1 aromatic heterocycles. The maximum Gasteiger partial charge on any atom is 0.405 e. The first kappa shape index (κ1) is 17.0. The molecule has 2 rings (SSSR count). The largest absolute Gasteiger partial charge is 0.405 e. The summed E-state index contributed by atoms with van der Waals surface area (Å²) in [6, 6.07) is 3.00. The molecule has 1 saturated heterocycles. The fourth-order valence-corrected chi connectivity index (χ4v) is 3.07. The number of ether oxygens (including phenoxy) is 1. The highest BCUT2D eigenvalue weighted by atomic mass is 32.1. The Hall–Kier alpha value is -1.32. The van der Waals surface area contributed by atoms with Crippen LogP contribution in [-0.4, -0.2) is 56.5 Å². The first-order valence-corrected chi connectivity index (χ1v) is 7.77. The number of morpholine rings is 1. The molecule has 0 spiro atoms. The van der Waals surface area contributed by atoms with Crippen LogP contribution in [0.3, 0.4) is 0 Å². The monoisotopic (exact) mass is 337 g/mol. The summed E-state index contributed by atoms with van der Waals surface area (Å²) >= 11 is 1.56. The van der Waals surface area contributed by atoms with Crippen molar-refractivity contribution < 1.29 is 22.7 Å². The molecule has 0 bridgehead atoms. The summed E-state index contributed by atoms with van der Waals surface area (Å²) in [4.78, 5) is 14.7. The molecule has 1 aromatic rings. The van der Waals surface area contributed by atoms with Crippen molar-refractivity contribution in [1.82, 2.24) is 15.5 Å². The van der Waals surface area contributed by atoms with Crippen LogP contribution in [0.1, 0.15) is 10.9 Å². The van der Waals surface area contributed by atoms with Gasteiger partial charge in [0.25, 0.3) is 0 Å². The van der Waals surface area contributed by atoms with Crippen LogP contribution in [0.4, 0.5) is 18.0 Å². The number of amides is 2. The van der Waals surface area contributed by atoms with E-state index in [-0.39, 0.29) is 12.6 Å². The highest BCUT2D eigenvalue weighted by molar-refractivity contribution is 7.10. The van der Waals surface area contributed by atoms with Crippen molar-refractivity contribution in [1.29, 1.82) is 0 Å². The second-order valence-corrected chi connectivity index (χ2v) is 5.84. The molecule has 0 aliphatic carbocycles. The summed E-state index contributed by atoms with van der Waals surface area (Å²) in [7, 11) is 0. The SMILES string of the molecule is O=C(NC[C@@H](c1cccs1)N1CCOCC1)NCC(F)(F)F. The first-order chi connectivity index (χ1) is 10.5. The van der Waals surface area contributed by atoms with Gasteiger partial charge < -0.3 is 15.4 Å². The summed E-state index contributed by atoms with van der Waals surface area (Å²) in [5.74, 6) is 0. The third kappa shape index (κ3) is 5.47. The van der Waals surface area contributed by atoms with E-state index in [0.717, 1.165) is 18.0 Å². The average molecular weight is 337 g/mol. The Kier molecular flexibility index (Phi) is 6.04. The molecule has 5 nitrogen and oxygen atoms in total. The fourth-order valence-electron chi connectivity index (χ4n) is 2.21. The van der Waals surface area contributed by atoms with Crippen LogP contribution in [0.5, 0.6) is 0 Å². The van der Waals surface area contributed by atoms with E-state index in [9.17, 15) is 18.0 Å². The van der Waals surface area contributed by atoms with Gasteiger partial charge in [-0.3, -0.25) is 4.90 Å². The van der Waals surface area contributed by atoms with Crippen molar-refractivity contribution in [2.45, 2.75) is 12.2 Å². The Morgan fingerprint density at radius 1 is 1.36 bits per heavy atom. The normalized spacial score (nSPS) is 18.0. The molecule has 1 fully saturated rings. The number of nitrogens with one attached hydrogen (secondary N) is 2. The van der Waals surface area contributed by atoms with Crippen molar-refractivity contribution in [2.24, 2.45) is 0 Å². The van der Waals surface area contributed by atoms with Gasteiger partial charge in [-0.2, -0.15) is 13.2 Å². The van der Waals surface area contributed by atoms with Gasteiger partial charge in [0.05, 0.1) is 19.3 Å². The number of alkyl halides is 3. The standard InChI is InChI=1S/C13H18F3N3O2S/c14-13(15,16)9-18-12(20)17-8-10(11-2-1-7-22-11)19-3-5-21-6-4-19/h1-2,7,10H,3-6,8-9H2,(H2,17,18,20)/t10-/m0/s1. The van der Waals surface area contributed by atoms with Crippen molar-refractivity contribution in [2.75, 3.05) is 39.4 Å². The minimum absolute atomic E-state index is 0.0551. The van der Waals surface area contributed by atoms with Gasteiger partial charge in [0.15, 0.2) is 0 Å². The minimum atomic E-state index is -4.41. The molecule has 0 aromatic carbocycles. The van der Waals surface area contributed by atoms with Crippen LogP contribution in [0.25, 0.3) is 0 Å². The Bertz CT molecular complexity index is 462.